The van der Waals surface area contributed by atoms with Gasteiger partial charge in [-0.15, -0.1) is 0 Å². The van der Waals surface area contributed by atoms with Gasteiger partial charge < -0.3 is 9.51 Å². The molecule has 4 heterocycles. The second kappa shape index (κ2) is 26.5. The second-order valence-electron chi connectivity index (χ2n) is 14.0. The first-order valence-corrected chi connectivity index (χ1v) is 17.7. The molecule has 0 aliphatic rings. The Morgan fingerprint density at radius 1 is 0.604 bits per heavy atom. The number of nitrogens with one attached hydrogen (secondary N) is 1. The number of aryl methyl sites for hydroxylation is 1. The largest absolute Gasteiger partial charge is 0.364 e. The van der Waals surface area contributed by atoms with E-state index in [0.717, 1.165) is 11.1 Å². The van der Waals surface area contributed by atoms with E-state index >= 15 is 0 Å². The normalized spacial score (nSPS) is 10.3. The van der Waals surface area contributed by atoms with Crippen molar-refractivity contribution in [3.05, 3.63) is 100 Å². The van der Waals surface area contributed by atoms with Crippen LogP contribution in [0.1, 0.15) is 161 Å². The first kappa shape index (κ1) is 51.4. The fourth-order valence-electron chi connectivity index (χ4n) is 3.07. The number of aromatic amines is 1. The highest BCUT2D eigenvalue weighted by molar-refractivity contribution is 5.18. The molecule has 0 atom stereocenters. The van der Waals surface area contributed by atoms with Crippen LogP contribution in [0.3, 0.4) is 0 Å². The maximum atomic E-state index is 10.7. The van der Waals surface area contributed by atoms with E-state index in [1.807, 2.05) is 91.6 Å². The van der Waals surface area contributed by atoms with E-state index in [0.29, 0.717) is 0 Å². The molecule has 0 amide bonds. The summed E-state index contributed by atoms with van der Waals surface area (Å²) in [5.74, 6) is 0. The molecule has 276 valence electrons. The minimum absolute atomic E-state index is 0.0435. The summed E-state index contributed by atoms with van der Waals surface area (Å²) >= 11 is 0. The third-order valence-corrected chi connectivity index (χ3v) is 6.05. The Balaban J connectivity index is -0.000000251. The lowest BCUT2D eigenvalue weighted by Gasteiger charge is -2.17. The van der Waals surface area contributed by atoms with Crippen LogP contribution in [0.4, 0.5) is 0 Å². The number of nitrogens with zero attached hydrogens (tertiary/aromatic N) is 4. The highest BCUT2D eigenvalue weighted by atomic mass is 16.5. The van der Waals surface area contributed by atoms with Crippen LogP contribution in [-0.2, 0) is 28.7 Å². The van der Waals surface area contributed by atoms with Gasteiger partial charge in [-0.2, -0.15) is 5.10 Å². The molecule has 4 rings (SSSR count). The lowest BCUT2D eigenvalue weighted by Crippen LogP contribution is -2.14. The maximum absolute atomic E-state index is 10.7. The Hall–Kier alpha value is -3.48. The second-order valence-corrected chi connectivity index (χ2v) is 14.0. The summed E-state index contributed by atoms with van der Waals surface area (Å²) in [4.78, 5) is 17.4. The summed E-state index contributed by atoms with van der Waals surface area (Å²) in [5, 5.41) is 7.71. The standard InChI is InChI=1S/C9H13NO.C9H13N.C8H14N2.C7H11NO.4C2H6/c1-9(2,3)7-4-5-8(11)10-6-7;1-9(2,3)8-5-4-6-10-7-8;1-8(2,3)7-5-9-10(4)6-7;1-7(2,3)6-4-8-9-5-6;4*1-2/h4-6H,1-3H3,(H,10,11);4-7H,1-3H3;5-6H,1-4H3;4-5H,1-3H3;4*1-2H3. The highest BCUT2D eigenvalue weighted by Crippen LogP contribution is 2.22. The summed E-state index contributed by atoms with van der Waals surface area (Å²) in [6.45, 7) is 41.8. The monoisotopic (exact) mass is 670 g/mol. The molecule has 4 aromatic heterocycles. The van der Waals surface area contributed by atoms with Gasteiger partial charge in [0.05, 0.1) is 12.4 Å². The smallest absolute Gasteiger partial charge is 0.247 e. The van der Waals surface area contributed by atoms with Crippen LogP contribution in [0.5, 0.6) is 0 Å². The molecule has 48 heavy (non-hydrogen) atoms. The average molecular weight is 670 g/mol. The van der Waals surface area contributed by atoms with Crippen molar-refractivity contribution in [3.8, 4) is 0 Å². The lowest BCUT2D eigenvalue weighted by molar-refractivity contribution is 0.416. The summed E-state index contributed by atoms with van der Waals surface area (Å²) in [6, 6.07) is 7.49. The quantitative estimate of drug-likeness (QED) is 0.201. The zero-order chi connectivity index (χ0) is 38.8. The van der Waals surface area contributed by atoms with Crippen molar-refractivity contribution in [3.63, 3.8) is 0 Å². The zero-order valence-electron chi connectivity index (χ0n) is 35.0. The highest BCUT2D eigenvalue weighted by Gasteiger charge is 2.15. The summed E-state index contributed by atoms with van der Waals surface area (Å²) < 4.78 is 6.52. The Kier molecular flexibility index (Phi) is 28.3. The van der Waals surface area contributed by atoms with Crippen molar-refractivity contribution < 1.29 is 4.52 Å². The van der Waals surface area contributed by atoms with Gasteiger partial charge in [-0.25, -0.2) is 0 Å². The number of rotatable bonds is 0. The molecule has 0 unspecified atom stereocenters. The number of H-pyrrole nitrogens is 1. The first-order valence-electron chi connectivity index (χ1n) is 17.7. The Morgan fingerprint density at radius 3 is 1.31 bits per heavy atom. The van der Waals surface area contributed by atoms with Gasteiger partial charge in [0.2, 0.25) is 5.56 Å². The van der Waals surface area contributed by atoms with Gasteiger partial charge in [0, 0.05) is 43.5 Å². The molecule has 0 aliphatic carbocycles. The zero-order valence-corrected chi connectivity index (χ0v) is 35.0. The van der Waals surface area contributed by atoms with E-state index in [2.05, 4.69) is 116 Å². The summed E-state index contributed by atoms with van der Waals surface area (Å²) in [6.07, 6.45) is 12.9. The van der Waals surface area contributed by atoms with Crippen LogP contribution in [0.2, 0.25) is 0 Å². The SMILES string of the molecule is CC.CC.CC.CC.CC(C)(C)c1ccc(=O)[nH]c1.CC(C)(C)c1cccnc1.CC(C)(C)c1cnoc1.Cn1cc(C(C)(C)C)cn1. The minimum Gasteiger partial charge on any atom is -0.364 e. The maximum Gasteiger partial charge on any atom is 0.247 e. The van der Waals surface area contributed by atoms with E-state index in [9.17, 15) is 4.79 Å². The molecule has 0 aromatic carbocycles. The van der Waals surface area contributed by atoms with Crippen molar-refractivity contribution in [1.82, 2.24) is 24.9 Å². The van der Waals surface area contributed by atoms with Crippen LogP contribution in [-0.4, -0.2) is 24.9 Å². The van der Waals surface area contributed by atoms with Crippen molar-refractivity contribution in [2.45, 2.75) is 160 Å². The summed E-state index contributed by atoms with van der Waals surface area (Å²) in [7, 11) is 1.94. The van der Waals surface area contributed by atoms with E-state index in [-0.39, 0.29) is 27.2 Å². The first-order chi connectivity index (χ1) is 22.2. The Morgan fingerprint density at radius 2 is 1.08 bits per heavy atom. The van der Waals surface area contributed by atoms with Crippen LogP contribution in [0.25, 0.3) is 0 Å². The fourth-order valence-corrected chi connectivity index (χ4v) is 3.07. The average Bonchev–Trinajstić information content (AvgIpc) is 3.75. The topological polar surface area (TPSA) is 89.6 Å². The van der Waals surface area contributed by atoms with Gasteiger partial charge in [0.25, 0.3) is 0 Å². The van der Waals surface area contributed by atoms with Crippen molar-refractivity contribution >= 4 is 0 Å². The van der Waals surface area contributed by atoms with Gasteiger partial charge >= 0.3 is 0 Å². The molecule has 1 N–H and O–H groups in total. The van der Waals surface area contributed by atoms with Crippen molar-refractivity contribution in [1.29, 1.82) is 0 Å². The molecular weight excluding hydrogens is 594 g/mol. The molecule has 7 heteroatoms. The van der Waals surface area contributed by atoms with Gasteiger partial charge in [-0.1, -0.05) is 156 Å². The predicted molar refractivity (Wildman–Crippen MR) is 211 cm³/mol. The molecule has 0 fully saturated rings. The van der Waals surface area contributed by atoms with E-state index in [4.69, 9.17) is 4.52 Å². The van der Waals surface area contributed by atoms with Gasteiger partial charge in [0.15, 0.2) is 0 Å². The van der Waals surface area contributed by atoms with Crippen molar-refractivity contribution in [2.24, 2.45) is 7.05 Å². The molecule has 0 radical (unpaired) electrons. The van der Waals surface area contributed by atoms with Gasteiger partial charge in [-0.3, -0.25) is 14.5 Å². The van der Waals surface area contributed by atoms with Crippen LogP contribution >= 0.6 is 0 Å². The third-order valence-electron chi connectivity index (χ3n) is 6.05. The predicted octanol–water partition coefficient (Wildman–Crippen LogP) is 11.8. The molecule has 0 saturated carbocycles. The number of hydrogen-bond donors (Lipinski definition) is 1. The molecule has 7 nitrogen and oxygen atoms in total. The molecular formula is C41H75N5O2. The van der Waals surface area contributed by atoms with Crippen LogP contribution < -0.4 is 5.56 Å². The molecule has 4 aromatic rings. The minimum atomic E-state index is -0.0435. The van der Waals surface area contributed by atoms with E-state index in [1.54, 1.807) is 30.9 Å². The fraction of sp³-hybridized carbons (Fsp3) is 0.610. The molecule has 0 aliphatic heterocycles. The summed E-state index contributed by atoms with van der Waals surface area (Å²) in [5.41, 5.74) is 5.56. The Labute approximate surface area is 296 Å². The van der Waals surface area contributed by atoms with Crippen LogP contribution in [0, 0.1) is 0 Å². The molecule has 0 saturated heterocycles. The number of hydrogen-bond acceptors (Lipinski definition) is 5. The number of pyridine rings is 2. The van der Waals surface area contributed by atoms with E-state index in [1.165, 1.54) is 11.1 Å². The van der Waals surface area contributed by atoms with Gasteiger partial charge in [-0.05, 0) is 44.4 Å². The number of aromatic nitrogens is 5. The molecule has 0 spiro atoms. The van der Waals surface area contributed by atoms with Crippen molar-refractivity contribution in [2.75, 3.05) is 0 Å². The van der Waals surface area contributed by atoms with Crippen LogP contribution in [0.15, 0.2) is 77.0 Å². The third kappa shape index (κ3) is 24.7. The van der Waals surface area contributed by atoms with Gasteiger partial charge in [0.1, 0.15) is 6.26 Å². The molecule has 0 bridgehead atoms. The lowest BCUT2D eigenvalue weighted by atomic mass is 9.88. The Bertz CT molecular complexity index is 1270. The van der Waals surface area contributed by atoms with E-state index < -0.39 is 0 Å².